The summed E-state index contributed by atoms with van der Waals surface area (Å²) >= 11 is 0. The predicted molar refractivity (Wildman–Crippen MR) is 74.6 cm³/mol. The average molecular weight is 266 g/mol. The molecule has 0 radical (unpaired) electrons. The Hall–Kier alpha value is -1.60. The summed E-state index contributed by atoms with van der Waals surface area (Å²) in [5.74, 6) is 7.04. The van der Waals surface area contributed by atoms with Crippen LogP contribution in [0.15, 0.2) is 6.33 Å². The van der Waals surface area contributed by atoms with E-state index in [4.69, 9.17) is 10.6 Å². The van der Waals surface area contributed by atoms with Crippen LogP contribution in [0, 0.1) is 0 Å². The van der Waals surface area contributed by atoms with Crippen molar-refractivity contribution in [1.29, 1.82) is 0 Å². The molecule has 0 bridgehead atoms. The molecular weight excluding hydrogens is 244 g/mol. The number of hydrogen-bond donors (Lipinski definition) is 3. The van der Waals surface area contributed by atoms with E-state index in [1.165, 1.54) is 25.6 Å². The molecule has 4 N–H and O–H groups in total. The van der Waals surface area contributed by atoms with Gasteiger partial charge in [-0.05, 0) is 26.7 Å². The molecule has 1 fully saturated rings. The molecule has 0 aromatic carbocycles. The van der Waals surface area contributed by atoms with Gasteiger partial charge in [-0.15, -0.1) is 0 Å². The molecule has 2 rings (SSSR count). The number of hydrazine groups is 2. The first-order chi connectivity index (χ1) is 9.17. The van der Waals surface area contributed by atoms with E-state index in [-0.39, 0.29) is 0 Å². The van der Waals surface area contributed by atoms with Crippen molar-refractivity contribution < 1.29 is 4.74 Å². The molecule has 0 aliphatic carbocycles. The lowest BCUT2D eigenvalue weighted by Crippen LogP contribution is -2.47. The van der Waals surface area contributed by atoms with Crippen molar-refractivity contribution in [3.8, 4) is 5.75 Å². The molecule has 1 aliphatic rings. The van der Waals surface area contributed by atoms with Crippen molar-refractivity contribution in [3.63, 3.8) is 0 Å². The number of ether oxygens (including phenoxy) is 1. The molecule has 2 unspecified atom stereocenters. The summed E-state index contributed by atoms with van der Waals surface area (Å²) in [6.07, 6.45) is 5.07. The number of nitrogens with one attached hydrogen (secondary N) is 2. The van der Waals surface area contributed by atoms with Gasteiger partial charge in [0.2, 0.25) is 5.75 Å². The van der Waals surface area contributed by atoms with Gasteiger partial charge in [-0.25, -0.2) is 20.8 Å². The summed E-state index contributed by atoms with van der Waals surface area (Å²) in [4.78, 5) is 8.27. The topological polar surface area (TPSA) is 88.3 Å². The number of hydrogen-bond acceptors (Lipinski definition) is 7. The van der Waals surface area contributed by atoms with Crippen molar-refractivity contribution >= 4 is 11.6 Å². The van der Waals surface area contributed by atoms with Gasteiger partial charge in [-0.1, -0.05) is 6.42 Å². The highest BCUT2D eigenvalue weighted by Gasteiger charge is 2.26. The summed E-state index contributed by atoms with van der Waals surface area (Å²) in [5, 5.41) is 2.22. The zero-order valence-electron chi connectivity index (χ0n) is 11.7. The van der Waals surface area contributed by atoms with E-state index in [0.717, 1.165) is 0 Å². The minimum absolute atomic E-state index is 0.456. The Balaban J connectivity index is 2.22. The largest absolute Gasteiger partial charge is 0.490 e. The lowest BCUT2D eigenvalue weighted by atomic mass is 10.00. The van der Waals surface area contributed by atoms with Gasteiger partial charge in [0.15, 0.2) is 11.6 Å². The fourth-order valence-corrected chi connectivity index (χ4v) is 2.51. The minimum atomic E-state index is 0.456. The molecule has 1 saturated heterocycles. The third-order valence-electron chi connectivity index (χ3n) is 3.57. The molecule has 1 aliphatic heterocycles. The van der Waals surface area contributed by atoms with Gasteiger partial charge >= 0.3 is 0 Å². The maximum atomic E-state index is 5.42. The average Bonchev–Trinajstić information content (AvgIpc) is 2.42. The van der Waals surface area contributed by atoms with Crippen molar-refractivity contribution in [3.05, 3.63) is 6.33 Å². The van der Waals surface area contributed by atoms with Crippen LogP contribution in [-0.4, -0.2) is 34.2 Å². The maximum Gasteiger partial charge on any atom is 0.206 e. The highest BCUT2D eigenvalue weighted by molar-refractivity contribution is 5.62. The molecule has 2 heterocycles. The second kappa shape index (κ2) is 6.03. The summed E-state index contributed by atoms with van der Waals surface area (Å²) in [5.41, 5.74) is 5.85. The fraction of sp³-hybridized carbons (Fsp3) is 0.667. The highest BCUT2D eigenvalue weighted by atomic mass is 16.5. The predicted octanol–water partition coefficient (Wildman–Crippen LogP) is 1.36. The second-order valence-corrected chi connectivity index (χ2v) is 4.90. The van der Waals surface area contributed by atoms with Crippen LogP contribution in [0.3, 0.4) is 0 Å². The Morgan fingerprint density at radius 1 is 1.26 bits per heavy atom. The standard InChI is InChI=1S/C12H22N6O/c1-8-5-4-6-9(2)18(8)17-12-10(19-3)11(16-13)14-7-15-12/h7-9H,4-6,13H2,1-3H3,(H2,14,15,16,17). The first-order valence-corrected chi connectivity index (χ1v) is 6.58. The molecule has 2 atom stereocenters. The summed E-state index contributed by atoms with van der Waals surface area (Å²) in [6, 6.07) is 0.912. The number of piperidine rings is 1. The zero-order valence-corrected chi connectivity index (χ0v) is 11.7. The molecule has 1 aromatic rings. The van der Waals surface area contributed by atoms with Gasteiger partial charge in [0.25, 0.3) is 0 Å². The molecule has 1 aromatic heterocycles. The second-order valence-electron chi connectivity index (χ2n) is 4.90. The Morgan fingerprint density at radius 3 is 2.47 bits per heavy atom. The van der Waals surface area contributed by atoms with E-state index in [9.17, 15) is 0 Å². The lowest BCUT2D eigenvalue weighted by Gasteiger charge is -2.39. The van der Waals surface area contributed by atoms with Gasteiger partial charge in [-0.3, -0.25) is 5.43 Å². The van der Waals surface area contributed by atoms with E-state index in [1.807, 2.05) is 0 Å². The Labute approximate surface area is 113 Å². The molecule has 7 nitrogen and oxygen atoms in total. The maximum absolute atomic E-state index is 5.42. The van der Waals surface area contributed by atoms with Gasteiger partial charge in [-0.2, -0.15) is 0 Å². The first kappa shape index (κ1) is 13.8. The number of anilines is 2. The van der Waals surface area contributed by atoms with Crippen LogP contribution in [0.25, 0.3) is 0 Å². The van der Waals surface area contributed by atoms with Crippen LogP contribution in [0.5, 0.6) is 5.75 Å². The van der Waals surface area contributed by atoms with Gasteiger partial charge in [0.05, 0.1) is 7.11 Å². The van der Waals surface area contributed by atoms with Crippen molar-refractivity contribution in [1.82, 2.24) is 15.0 Å². The van der Waals surface area contributed by atoms with Crippen LogP contribution >= 0.6 is 0 Å². The van der Waals surface area contributed by atoms with Crippen LogP contribution in [0.1, 0.15) is 33.1 Å². The minimum Gasteiger partial charge on any atom is -0.490 e. The van der Waals surface area contributed by atoms with Crippen LogP contribution in [0.2, 0.25) is 0 Å². The van der Waals surface area contributed by atoms with Gasteiger partial charge in [0.1, 0.15) is 6.33 Å². The Bertz CT molecular complexity index is 417. The number of aromatic nitrogens is 2. The molecule has 106 valence electrons. The van der Waals surface area contributed by atoms with Crippen LogP contribution < -0.4 is 21.4 Å². The van der Waals surface area contributed by atoms with Crippen LogP contribution in [0.4, 0.5) is 11.6 Å². The van der Waals surface area contributed by atoms with Crippen molar-refractivity contribution in [2.45, 2.75) is 45.2 Å². The molecule has 0 amide bonds. The SMILES string of the molecule is COc1c(NN)ncnc1NN1C(C)CCCC1C. The Morgan fingerprint density at radius 2 is 1.89 bits per heavy atom. The third-order valence-corrected chi connectivity index (χ3v) is 3.57. The van der Waals surface area contributed by atoms with E-state index < -0.39 is 0 Å². The first-order valence-electron chi connectivity index (χ1n) is 6.58. The number of rotatable bonds is 4. The summed E-state index contributed by atoms with van der Waals surface area (Å²) in [6.45, 7) is 4.41. The van der Waals surface area contributed by atoms with E-state index in [1.54, 1.807) is 7.11 Å². The highest BCUT2D eigenvalue weighted by Crippen LogP contribution is 2.31. The smallest absolute Gasteiger partial charge is 0.206 e. The number of nitrogen functional groups attached to an aromatic ring is 1. The van der Waals surface area contributed by atoms with E-state index in [0.29, 0.717) is 29.5 Å². The third kappa shape index (κ3) is 2.87. The summed E-state index contributed by atoms with van der Waals surface area (Å²) < 4.78 is 5.32. The monoisotopic (exact) mass is 266 g/mol. The van der Waals surface area contributed by atoms with Crippen molar-refractivity contribution in [2.75, 3.05) is 18.0 Å². The number of methoxy groups -OCH3 is 1. The normalized spacial score (nSPS) is 24.0. The van der Waals surface area contributed by atoms with E-state index in [2.05, 4.69) is 39.7 Å². The molecular formula is C12H22N6O. The number of nitrogens with zero attached hydrogens (tertiary/aromatic N) is 3. The summed E-state index contributed by atoms with van der Waals surface area (Å²) in [7, 11) is 1.58. The van der Waals surface area contributed by atoms with Crippen molar-refractivity contribution in [2.24, 2.45) is 5.84 Å². The van der Waals surface area contributed by atoms with E-state index >= 15 is 0 Å². The van der Waals surface area contributed by atoms with Gasteiger partial charge in [0, 0.05) is 12.1 Å². The molecule has 19 heavy (non-hydrogen) atoms. The van der Waals surface area contributed by atoms with Gasteiger partial charge < -0.3 is 10.2 Å². The molecule has 7 heteroatoms. The quantitative estimate of drug-likeness (QED) is 0.560. The lowest BCUT2D eigenvalue weighted by molar-refractivity contribution is 0.134. The zero-order chi connectivity index (χ0) is 13.8. The fourth-order valence-electron chi connectivity index (χ4n) is 2.51. The molecule has 0 spiro atoms. The Kier molecular flexibility index (Phi) is 4.39. The van der Waals surface area contributed by atoms with Crippen LogP contribution in [-0.2, 0) is 0 Å². The molecule has 0 saturated carbocycles. The number of nitrogens with two attached hydrogens (primary N) is 1.